The van der Waals surface area contributed by atoms with Gasteiger partial charge in [0.2, 0.25) is 0 Å². The zero-order valence-electron chi connectivity index (χ0n) is 15.8. The number of aromatic nitrogens is 1. The molecule has 1 atom stereocenters. The number of hydrazone groups is 1. The van der Waals surface area contributed by atoms with Gasteiger partial charge >= 0.3 is 0 Å². The van der Waals surface area contributed by atoms with Crippen molar-refractivity contribution in [2.45, 2.75) is 19.4 Å². The van der Waals surface area contributed by atoms with Crippen LogP contribution in [-0.2, 0) is 9.59 Å². The van der Waals surface area contributed by atoms with Gasteiger partial charge in [0.05, 0.1) is 11.4 Å². The number of carbonyl (C=O) groups excluding carboxylic acids is 2. The highest BCUT2D eigenvalue weighted by Gasteiger charge is 2.34. The van der Waals surface area contributed by atoms with E-state index in [0.717, 1.165) is 29.2 Å². The van der Waals surface area contributed by atoms with E-state index in [1.807, 2.05) is 30.3 Å². The fourth-order valence-corrected chi connectivity index (χ4v) is 3.79. The molecule has 30 heavy (non-hydrogen) atoms. The number of hydrogen-bond donors (Lipinski definition) is 1. The summed E-state index contributed by atoms with van der Waals surface area (Å²) in [5.41, 5.74) is 1.74. The second-order valence-corrected chi connectivity index (χ2v) is 7.54. The number of halogens is 2. The lowest BCUT2D eigenvalue weighted by Crippen LogP contribution is -2.33. The van der Waals surface area contributed by atoms with E-state index in [9.17, 15) is 18.4 Å². The van der Waals surface area contributed by atoms with Crippen LogP contribution in [0.1, 0.15) is 13.3 Å². The molecule has 1 aliphatic rings. The maximum absolute atomic E-state index is 13.4. The number of Topliss-reactive ketones (excluding diaryl/α,β-unsaturated/α-hetero) is 1. The fraction of sp³-hybridized carbons (Fsp3) is 0.143. The highest BCUT2D eigenvalue weighted by Crippen LogP contribution is 2.28. The number of nitrogens with zero attached hydrogens (tertiary/aromatic N) is 3. The van der Waals surface area contributed by atoms with Crippen molar-refractivity contribution in [1.29, 1.82) is 0 Å². The zero-order chi connectivity index (χ0) is 21.3. The second-order valence-electron chi connectivity index (χ2n) is 6.68. The first kappa shape index (κ1) is 19.8. The van der Waals surface area contributed by atoms with E-state index in [1.165, 1.54) is 13.0 Å². The number of nitrogens with one attached hydrogen (secondary N) is 1. The normalized spacial score (nSPS) is 15.8. The summed E-state index contributed by atoms with van der Waals surface area (Å²) < 4.78 is 26.6. The number of benzene rings is 2. The number of hydrogen-bond acceptors (Lipinski definition) is 6. The van der Waals surface area contributed by atoms with Gasteiger partial charge in [-0.25, -0.2) is 13.8 Å². The minimum Gasteiger partial charge on any atom is -0.298 e. The molecule has 0 fully saturated rings. The molecule has 9 heteroatoms. The lowest BCUT2D eigenvalue weighted by molar-refractivity contribution is -0.118. The van der Waals surface area contributed by atoms with Crippen molar-refractivity contribution in [3.8, 4) is 11.3 Å². The first-order valence-electron chi connectivity index (χ1n) is 9.07. The summed E-state index contributed by atoms with van der Waals surface area (Å²) in [5, 5.41) is 10.5. The number of amides is 1. The van der Waals surface area contributed by atoms with Crippen molar-refractivity contribution in [2.24, 2.45) is 5.10 Å². The van der Waals surface area contributed by atoms with Crippen LogP contribution < -0.4 is 10.3 Å². The molecule has 0 radical (unpaired) electrons. The molecule has 4 rings (SSSR count). The van der Waals surface area contributed by atoms with Gasteiger partial charge in [-0.2, -0.15) is 5.10 Å². The van der Waals surface area contributed by atoms with E-state index in [2.05, 4.69) is 15.4 Å². The maximum Gasteiger partial charge on any atom is 0.273 e. The van der Waals surface area contributed by atoms with E-state index >= 15 is 0 Å². The van der Waals surface area contributed by atoms with Gasteiger partial charge in [-0.3, -0.25) is 19.9 Å². The molecule has 2 heterocycles. The van der Waals surface area contributed by atoms with Crippen molar-refractivity contribution < 1.29 is 18.4 Å². The molecule has 1 amide bonds. The van der Waals surface area contributed by atoms with E-state index in [1.54, 1.807) is 10.4 Å². The van der Waals surface area contributed by atoms with Crippen LogP contribution in [0, 0.1) is 11.6 Å². The highest BCUT2D eigenvalue weighted by molar-refractivity contribution is 7.14. The Morgan fingerprint density at radius 1 is 1.13 bits per heavy atom. The standard InChI is InChI=1S/C21H16F2N4O2S/c1-12(28)19-10-17(26-27(19)14-5-3-2-4-6-14)20(29)25-21-24-18(11-30-21)13-7-8-15(22)16(23)9-13/h2-9,11,19H,10H2,1H3,(H,24,25,29). The van der Waals surface area contributed by atoms with Gasteiger partial charge in [-0.05, 0) is 37.3 Å². The lowest BCUT2D eigenvalue weighted by atomic mass is 10.1. The van der Waals surface area contributed by atoms with Crippen LogP contribution >= 0.6 is 11.3 Å². The number of rotatable bonds is 5. The second kappa shape index (κ2) is 8.11. The third kappa shape index (κ3) is 3.97. The largest absolute Gasteiger partial charge is 0.298 e. The van der Waals surface area contributed by atoms with Crippen LogP contribution in [0.2, 0.25) is 0 Å². The van der Waals surface area contributed by atoms with Gasteiger partial charge < -0.3 is 0 Å². The smallest absolute Gasteiger partial charge is 0.273 e. The molecule has 1 N–H and O–H groups in total. The molecule has 1 aromatic heterocycles. The predicted octanol–water partition coefficient (Wildman–Crippen LogP) is 4.25. The Morgan fingerprint density at radius 2 is 1.90 bits per heavy atom. The maximum atomic E-state index is 13.4. The molecule has 0 spiro atoms. The summed E-state index contributed by atoms with van der Waals surface area (Å²) in [6.07, 6.45) is 0.178. The third-order valence-corrected chi connectivity index (χ3v) is 5.36. The number of carbonyl (C=O) groups is 2. The van der Waals surface area contributed by atoms with Gasteiger partial charge in [0.1, 0.15) is 11.8 Å². The Labute approximate surface area is 174 Å². The molecular formula is C21H16F2N4O2S. The van der Waals surface area contributed by atoms with Gasteiger partial charge in [-0.15, -0.1) is 11.3 Å². The Kier molecular flexibility index (Phi) is 5.37. The molecule has 0 saturated carbocycles. The van der Waals surface area contributed by atoms with E-state index < -0.39 is 23.6 Å². The molecule has 152 valence electrons. The van der Waals surface area contributed by atoms with Crippen LogP contribution in [0.5, 0.6) is 0 Å². The quantitative estimate of drug-likeness (QED) is 0.662. The minimum absolute atomic E-state index is 0.0970. The summed E-state index contributed by atoms with van der Waals surface area (Å²) in [7, 11) is 0. The molecule has 0 aliphatic carbocycles. The number of anilines is 2. The summed E-state index contributed by atoms with van der Waals surface area (Å²) in [5.74, 6) is -2.47. The molecule has 6 nitrogen and oxygen atoms in total. The lowest BCUT2D eigenvalue weighted by Gasteiger charge is -2.20. The van der Waals surface area contributed by atoms with Crippen LogP contribution in [-0.4, -0.2) is 28.4 Å². The fourth-order valence-electron chi connectivity index (χ4n) is 3.07. The topological polar surface area (TPSA) is 74.7 Å². The number of ketones is 1. The molecule has 1 aliphatic heterocycles. The van der Waals surface area contributed by atoms with E-state index in [0.29, 0.717) is 16.4 Å². The highest BCUT2D eigenvalue weighted by atomic mass is 32.1. The van der Waals surface area contributed by atoms with Crippen LogP contribution in [0.15, 0.2) is 59.0 Å². The predicted molar refractivity (Wildman–Crippen MR) is 112 cm³/mol. The minimum atomic E-state index is -0.970. The van der Waals surface area contributed by atoms with E-state index in [-0.39, 0.29) is 17.9 Å². The summed E-state index contributed by atoms with van der Waals surface area (Å²) in [6.45, 7) is 1.46. The van der Waals surface area contributed by atoms with Crippen LogP contribution in [0.3, 0.4) is 0 Å². The Balaban J connectivity index is 1.52. The average Bonchev–Trinajstić information content (AvgIpc) is 3.38. The molecule has 0 bridgehead atoms. The van der Waals surface area contributed by atoms with Gasteiger partial charge in [0, 0.05) is 17.4 Å². The molecule has 3 aromatic rings. The van der Waals surface area contributed by atoms with E-state index in [4.69, 9.17) is 0 Å². The van der Waals surface area contributed by atoms with Crippen molar-refractivity contribution in [2.75, 3.05) is 10.3 Å². The molecular weight excluding hydrogens is 410 g/mol. The van der Waals surface area contributed by atoms with Crippen LogP contribution in [0.25, 0.3) is 11.3 Å². The van der Waals surface area contributed by atoms with Crippen molar-refractivity contribution in [3.05, 3.63) is 65.5 Å². The molecule has 2 aromatic carbocycles. The summed E-state index contributed by atoms with van der Waals surface area (Å²) >= 11 is 1.15. The summed E-state index contributed by atoms with van der Waals surface area (Å²) in [6, 6.07) is 12.1. The SMILES string of the molecule is CC(=O)C1CC(C(=O)Nc2nc(-c3ccc(F)c(F)c3)cs2)=NN1c1ccccc1. The number of thiazole rings is 1. The third-order valence-electron chi connectivity index (χ3n) is 4.60. The first-order valence-corrected chi connectivity index (χ1v) is 9.95. The van der Waals surface area contributed by atoms with Crippen LogP contribution in [0.4, 0.5) is 19.6 Å². The Bertz CT molecular complexity index is 1150. The van der Waals surface area contributed by atoms with Crippen molar-refractivity contribution in [3.63, 3.8) is 0 Å². The Morgan fingerprint density at radius 3 is 2.60 bits per heavy atom. The molecule has 1 unspecified atom stereocenters. The van der Waals surface area contributed by atoms with Crippen molar-refractivity contribution in [1.82, 2.24) is 4.98 Å². The van der Waals surface area contributed by atoms with Gasteiger partial charge in [0.25, 0.3) is 5.91 Å². The first-order chi connectivity index (χ1) is 14.4. The van der Waals surface area contributed by atoms with Gasteiger partial charge in [0.15, 0.2) is 22.5 Å². The summed E-state index contributed by atoms with van der Waals surface area (Å²) in [4.78, 5) is 29.0. The monoisotopic (exact) mass is 426 g/mol. The van der Waals surface area contributed by atoms with Gasteiger partial charge in [-0.1, -0.05) is 18.2 Å². The number of para-hydroxylation sites is 1. The Hall–Kier alpha value is -3.46. The zero-order valence-corrected chi connectivity index (χ0v) is 16.6. The van der Waals surface area contributed by atoms with Crippen molar-refractivity contribution >= 4 is 39.6 Å². The molecule has 0 saturated heterocycles. The average molecular weight is 426 g/mol.